The van der Waals surface area contributed by atoms with E-state index in [1.807, 2.05) is 39.0 Å². The minimum absolute atomic E-state index is 0.238. The van der Waals surface area contributed by atoms with Gasteiger partial charge in [-0.2, -0.15) is 5.26 Å². The van der Waals surface area contributed by atoms with Crippen LogP contribution in [0.3, 0.4) is 0 Å². The molecule has 0 unspecified atom stereocenters. The Morgan fingerprint density at radius 1 is 1.29 bits per heavy atom. The van der Waals surface area contributed by atoms with Crippen LogP contribution in [0.4, 0.5) is 0 Å². The average molecular weight is 282 g/mol. The standard InChI is InChI=1S/C17H18N2O2/c1-17(2,3)21-16(20)8-7-15-14-6-4-5-12(11-18)13(14)9-10-19-15/h4-6,9-10H,7-8H2,1-3H3. The third kappa shape index (κ3) is 3.79. The molecule has 0 radical (unpaired) electrons. The summed E-state index contributed by atoms with van der Waals surface area (Å²) in [6, 6.07) is 9.53. The molecule has 1 heterocycles. The van der Waals surface area contributed by atoms with Gasteiger partial charge in [-0.25, -0.2) is 0 Å². The maximum atomic E-state index is 11.8. The number of carbonyl (C=O) groups excluding carboxylic acids is 1. The molecule has 0 spiro atoms. The summed E-state index contributed by atoms with van der Waals surface area (Å²) < 4.78 is 5.30. The first kappa shape index (κ1) is 15.0. The summed E-state index contributed by atoms with van der Waals surface area (Å²) in [5.41, 5.74) is 0.959. The SMILES string of the molecule is CC(C)(C)OC(=O)CCc1nccc2c(C#N)cccc12. The zero-order chi connectivity index (χ0) is 15.5. The number of nitrogens with zero attached hydrogens (tertiary/aromatic N) is 2. The highest BCUT2D eigenvalue weighted by Gasteiger charge is 2.16. The predicted octanol–water partition coefficient (Wildman–Crippen LogP) is 3.38. The number of carbonyl (C=O) groups is 1. The van der Waals surface area contributed by atoms with Crippen molar-refractivity contribution in [3.8, 4) is 6.07 Å². The first-order chi connectivity index (χ1) is 9.90. The number of fused-ring (bicyclic) bond motifs is 1. The van der Waals surface area contributed by atoms with Crippen molar-refractivity contribution in [2.45, 2.75) is 39.2 Å². The lowest BCUT2D eigenvalue weighted by Gasteiger charge is -2.19. The molecule has 4 nitrogen and oxygen atoms in total. The lowest BCUT2D eigenvalue weighted by molar-refractivity contribution is -0.154. The third-order valence-corrected chi connectivity index (χ3v) is 3.00. The Bertz CT molecular complexity index is 709. The van der Waals surface area contributed by atoms with Crippen LogP contribution in [-0.4, -0.2) is 16.6 Å². The number of hydrogen-bond donors (Lipinski definition) is 0. The van der Waals surface area contributed by atoms with Crippen LogP contribution in [0.25, 0.3) is 10.8 Å². The highest BCUT2D eigenvalue weighted by atomic mass is 16.6. The first-order valence-corrected chi connectivity index (χ1v) is 6.89. The molecule has 0 aliphatic carbocycles. The van der Waals surface area contributed by atoms with Crippen LogP contribution in [0.15, 0.2) is 30.5 Å². The van der Waals surface area contributed by atoms with Gasteiger partial charge in [-0.3, -0.25) is 9.78 Å². The summed E-state index contributed by atoms with van der Waals surface area (Å²) in [5.74, 6) is -0.238. The molecule has 0 saturated carbocycles. The fourth-order valence-electron chi connectivity index (χ4n) is 2.18. The van der Waals surface area contributed by atoms with Gasteiger partial charge in [0.2, 0.25) is 0 Å². The Hall–Kier alpha value is -2.41. The molecule has 0 saturated heterocycles. The molecule has 0 bridgehead atoms. The Balaban J connectivity index is 2.20. The van der Waals surface area contributed by atoms with E-state index in [9.17, 15) is 4.79 Å². The van der Waals surface area contributed by atoms with Crippen molar-refractivity contribution >= 4 is 16.7 Å². The van der Waals surface area contributed by atoms with E-state index in [1.54, 1.807) is 12.3 Å². The summed E-state index contributed by atoms with van der Waals surface area (Å²) in [5, 5.41) is 10.9. The van der Waals surface area contributed by atoms with E-state index < -0.39 is 5.60 Å². The van der Waals surface area contributed by atoms with E-state index in [-0.39, 0.29) is 12.4 Å². The number of hydrogen-bond acceptors (Lipinski definition) is 4. The lowest BCUT2D eigenvalue weighted by Crippen LogP contribution is -2.24. The number of ether oxygens (including phenoxy) is 1. The van der Waals surface area contributed by atoms with Crippen LogP contribution in [-0.2, 0) is 16.0 Å². The molecule has 0 fully saturated rings. The summed E-state index contributed by atoms with van der Waals surface area (Å²) in [4.78, 5) is 16.1. The fraction of sp³-hybridized carbons (Fsp3) is 0.353. The Kier molecular flexibility index (Phi) is 4.23. The van der Waals surface area contributed by atoms with Crippen molar-refractivity contribution in [3.63, 3.8) is 0 Å². The molecule has 4 heteroatoms. The first-order valence-electron chi connectivity index (χ1n) is 6.89. The van der Waals surface area contributed by atoms with Gasteiger partial charge in [-0.05, 0) is 32.9 Å². The van der Waals surface area contributed by atoms with Crippen LogP contribution >= 0.6 is 0 Å². The molecule has 1 aromatic heterocycles. The second kappa shape index (κ2) is 5.92. The van der Waals surface area contributed by atoms with Gasteiger partial charge in [0, 0.05) is 29.1 Å². The maximum Gasteiger partial charge on any atom is 0.306 e. The molecule has 0 aliphatic heterocycles. The van der Waals surface area contributed by atoms with Gasteiger partial charge >= 0.3 is 5.97 Å². The van der Waals surface area contributed by atoms with Crippen LogP contribution < -0.4 is 0 Å². The minimum Gasteiger partial charge on any atom is -0.460 e. The molecule has 2 rings (SSSR count). The van der Waals surface area contributed by atoms with Crippen LogP contribution in [0.5, 0.6) is 0 Å². The van der Waals surface area contributed by atoms with Gasteiger partial charge in [0.25, 0.3) is 0 Å². The normalized spacial score (nSPS) is 11.1. The Labute approximate surface area is 124 Å². The van der Waals surface area contributed by atoms with Gasteiger partial charge in [-0.1, -0.05) is 12.1 Å². The van der Waals surface area contributed by atoms with Crippen molar-refractivity contribution in [1.29, 1.82) is 5.26 Å². The molecular weight excluding hydrogens is 264 g/mol. The number of benzene rings is 1. The average Bonchev–Trinajstić information content (AvgIpc) is 2.42. The van der Waals surface area contributed by atoms with Crippen molar-refractivity contribution in [2.75, 3.05) is 0 Å². The number of aromatic nitrogens is 1. The topological polar surface area (TPSA) is 63.0 Å². The largest absolute Gasteiger partial charge is 0.460 e. The number of esters is 1. The van der Waals surface area contributed by atoms with Crippen LogP contribution in [0.1, 0.15) is 38.4 Å². The van der Waals surface area contributed by atoms with Crippen molar-refractivity contribution in [2.24, 2.45) is 0 Å². The summed E-state index contributed by atoms with van der Waals surface area (Å²) in [6.45, 7) is 5.54. The number of nitriles is 1. The van der Waals surface area contributed by atoms with Crippen LogP contribution in [0, 0.1) is 11.3 Å². The van der Waals surface area contributed by atoms with Gasteiger partial charge < -0.3 is 4.74 Å². The number of aryl methyl sites for hydroxylation is 1. The lowest BCUT2D eigenvalue weighted by atomic mass is 10.0. The molecule has 2 aromatic rings. The second-order valence-electron chi connectivity index (χ2n) is 5.86. The molecule has 0 aliphatic rings. The van der Waals surface area contributed by atoms with E-state index in [0.717, 1.165) is 16.5 Å². The molecule has 108 valence electrons. The zero-order valence-electron chi connectivity index (χ0n) is 12.5. The number of rotatable bonds is 3. The highest BCUT2D eigenvalue weighted by Crippen LogP contribution is 2.21. The third-order valence-electron chi connectivity index (χ3n) is 3.00. The molecular formula is C17H18N2O2. The summed E-state index contributed by atoms with van der Waals surface area (Å²) >= 11 is 0. The molecule has 0 amide bonds. The molecule has 0 atom stereocenters. The minimum atomic E-state index is -0.475. The second-order valence-corrected chi connectivity index (χ2v) is 5.86. The van der Waals surface area contributed by atoms with E-state index in [1.165, 1.54) is 0 Å². The van der Waals surface area contributed by atoms with Crippen molar-refractivity contribution in [3.05, 3.63) is 41.7 Å². The smallest absolute Gasteiger partial charge is 0.306 e. The molecule has 0 N–H and O–H groups in total. The quantitative estimate of drug-likeness (QED) is 0.810. The molecule has 1 aromatic carbocycles. The Morgan fingerprint density at radius 3 is 2.71 bits per heavy atom. The summed E-state index contributed by atoms with van der Waals surface area (Å²) in [7, 11) is 0. The van der Waals surface area contributed by atoms with Gasteiger partial charge in [0.05, 0.1) is 18.1 Å². The van der Waals surface area contributed by atoms with Gasteiger partial charge in [0.15, 0.2) is 0 Å². The van der Waals surface area contributed by atoms with E-state index in [0.29, 0.717) is 12.0 Å². The van der Waals surface area contributed by atoms with Crippen molar-refractivity contribution in [1.82, 2.24) is 4.98 Å². The fourth-order valence-corrected chi connectivity index (χ4v) is 2.18. The Morgan fingerprint density at radius 2 is 2.05 bits per heavy atom. The van der Waals surface area contributed by atoms with Gasteiger partial charge in [0.1, 0.15) is 5.60 Å². The highest BCUT2D eigenvalue weighted by molar-refractivity contribution is 5.89. The maximum absolute atomic E-state index is 11.8. The number of pyridine rings is 1. The molecule has 21 heavy (non-hydrogen) atoms. The van der Waals surface area contributed by atoms with Crippen molar-refractivity contribution < 1.29 is 9.53 Å². The monoisotopic (exact) mass is 282 g/mol. The predicted molar refractivity (Wildman–Crippen MR) is 80.6 cm³/mol. The summed E-state index contributed by atoms with van der Waals surface area (Å²) in [6.07, 6.45) is 2.45. The van der Waals surface area contributed by atoms with E-state index in [2.05, 4.69) is 11.1 Å². The van der Waals surface area contributed by atoms with E-state index >= 15 is 0 Å². The van der Waals surface area contributed by atoms with Gasteiger partial charge in [-0.15, -0.1) is 0 Å². The van der Waals surface area contributed by atoms with E-state index in [4.69, 9.17) is 10.00 Å². The zero-order valence-corrected chi connectivity index (χ0v) is 12.5. The van der Waals surface area contributed by atoms with Crippen LogP contribution in [0.2, 0.25) is 0 Å².